The lowest BCUT2D eigenvalue weighted by Crippen LogP contribution is -1.96. The van der Waals surface area contributed by atoms with Gasteiger partial charge in [0.2, 0.25) is 0 Å². The van der Waals surface area contributed by atoms with Crippen LogP contribution in [0.2, 0.25) is 0 Å². The van der Waals surface area contributed by atoms with Crippen molar-refractivity contribution in [2.24, 2.45) is 0 Å². The maximum atomic E-state index is 5.84. The maximum absolute atomic E-state index is 5.84. The van der Waals surface area contributed by atoms with Gasteiger partial charge in [-0.1, -0.05) is 18.2 Å². The monoisotopic (exact) mass is 190 g/mol. The summed E-state index contributed by atoms with van der Waals surface area (Å²) in [5, 5.41) is 0. The largest absolute Gasteiger partial charge is 0.399 e. The molecule has 76 valence electrons. The van der Waals surface area contributed by atoms with Crippen LogP contribution in [0.1, 0.15) is 25.3 Å². The predicted octanol–water partition coefficient (Wildman–Crippen LogP) is 2.75. The van der Waals surface area contributed by atoms with E-state index < -0.39 is 0 Å². The number of unbranched alkanes of at least 4 members (excludes halogenated alkanes) is 1. The molecule has 0 atom stereocenters. The Balaban J connectivity index is 2.50. The van der Waals surface area contributed by atoms with Gasteiger partial charge in [0.25, 0.3) is 0 Å². The fraction of sp³-hybridized carbons (Fsp3) is 0.333. The first-order valence-corrected chi connectivity index (χ1v) is 4.99. The summed E-state index contributed by atoms with van der Waals surface area (Å²) in [5.41, 5.74) is 14.2. The lowest BCUT2D eigenvalue weighted by molar-refractivity contribution is 0.844. The summed E-state index contributed by atoms with van der Waals surface area (Å²) in [5.74, 6) is 0. The van der Waals surface area contributed by atoms with Crippen LogP contribution < -0.4 is 11.5 Å². The lowest BCUT2D eigenvalue weighted by Gasteiger charge is -2.05. The molecule has 0 unspecified atom stereocenters. The zero-order valence-corrected chi connectivity index (χ0v) is 8.66. The third-order valence-electron chi connectivity index (χ3n) is 2.22. The van der Waals surface area contributed by atoms with E-state index in [0.29, 0.717) is 0 Å². The SMILES string of the molecule is C/C=C/CCCc1ccc(N)cc1N. The normalized spacial score (nSPS) is 10.9. The number of rotatable bonds is 4. The fourth-order valence-corrected chi connectivity index (χ4v) is 1.42. The quantitative estimate of drug-likeness (QED) is 0.436. The molecule has 14 heavy (non-hydrogen) atoms. The van der Waals surface area contributed by atoms with E-state index in [4.69, 9.17) is 11.5 Å². The molecule has 1 aromatic carbocycles. The summed E-state index contributed by atoms with van der Waals surface area (Å²) in [7, 11) is 0. The van der Waals surface area contributed by atoms with E-state index in [1.165, 1.54) is 5.56 Å². The molecule has 2 heteroatoms. The zero-order valence-electron chi connectivity index (χ0n) is 8.66. The third-order valence-corrected chi connectivity index (χ3v) is 2.22. The Morgan fingerprint density at radius 1 is 1.29 bits per heavy atom. The average molecular weight is 190 g/mol. The van der Waals surface area contributed by atoms with Crippen molar-refractivity contribution in [2.45, 2.75) is 26.2 Å². The smallest absolute Gasteiger partial charge is 0.0367 e. The van der Waals surface area contributed by atoms with E-state index >= 15 is 0 Å². The van der Waals surface area contributed by atoms with Crippen LogP contribution in [0.3, 0.4) is 0 Å². The van der Waals surface area contributed by atoms with E-state index in [0.717, 1.165) is 30.6 Å². The van der Waals surface area contributed by atoms with Crippen LogP contribution in [0.4, 0.5) is 11.4 Å². The van der Waals surface area contributed by atoms with Gasteiger partial charge in [-0.15, -0.1) is 0 Å². The second-order valence-electron chi connectivity index (χ2n) is 3.42. The first-order valence-electron chi connectivity index (χ1n) is 4.99. The van der Waals surface area contributed by atoms with Crippen molar-refractivity contribution in [1.29, 1.82) is 0 Å². The van der Waals surface area contributed by atoms with Crippen LogP contribution >= 0.6 is 0 Å². The van der Waals surface area contributed by atoms with Gasteiger partial charge in [0.05, 0.1) is 0 Å². The number of nitrogen functional groups attached to an aromatic ring is 2. The van der Waals surface area contributed by atoms with Crippen molar-refractivity contribution in [2.75, 3.05) is 11.5 Å². The van der Waals surface area contributed by atoms with Gasteiger partial charge in [-0.05, 0) is 43.9 Å². The molecule has 0 amide bonds. The molecule has 0 aliphatic rings. The van der Waals surface area contributed by atoms with Gasteiger partial charge in [-0.25, -0.2) is 0 Å². The Morgan fingerprint density at radius 2 is 2.07 bits per heavy atom. The summed E-state index contributed by atoms with van der Waals surface area (Å²) in [4.78, 5) is 0. The number of anilines is 2. The van der Waals surface area contributed by atoms with Crippen molar-refractivity contribution in [3.8, 4) is 0 Å². The van der Waals surface area contributed by atoms with Crippen molar-refractivity contribution < 1.29 is 0 Å². The Kier molecular flexibility index (Phi) is 4.05. The lowest BCUT2D eigenvalue weighted by atomic mass is 10.1. The molecule has 0 fully saturated rings. The molecular weight excluding hydrogens is 172 g/mol. The molecule has 0 saturated carbocycles. The Hall–Kier alpha value is -1.44. The van der Waals surface area contributed by atoms with Gasteiger partial charge in [0.1, 0.15) is 0 Å². The summed E-state index contributed by atoms with van der Waals surface area (Å²) in [6.07, 6.45) is 7.52. The van der Waals surface area contributed by atoms with E-state index in [1.807, 2.05) is 25.1 Å². The molecule has 0 saturated heterocycles. The Bertz CT molecular complexity index is 316. The summed E-state index contributed by atoms with van der Waals surface area (Å²) >= 11 is 0. The Labute approximate surface area is 85.6 Å². The van der Waals surface area contributed by atoms with Crippen LogP contribution in [0.5, 0.6) is 0 Å². The van der Waals surface area contributed by atoms with Gasteiger partial charge in [-0.2, -0.15) is 0 Å². The summed E-state index contributed by atoms with van der Waals surface area (Å²) < 4.78 is 0. The standard InChI is InChI=1S/C12H18N2/c1-2-3-4-5-6-10-7-8-11(13)9-12(10)14/h2-3,7-9H,4-6,13-14H2,1H3/b3-2+. The predicted molar refractivity (Wildman–Crippen MR) is 63.0 cm³/mol. The van der Waals surface area contributed by atoms with E-state index in [-0.39, 0.29) is 0 Å². The highest BCUT2D eigenvalue weighted by Crippen LogP contribution is 2.17. The minimum atomic E-state index is 0.736. The zero-order chi connectivity index (χ0) is 10.4. The van der Waals surface area contributed by atoms with E-state index in [9.17, 15) is 0 Å². The molecule has 0 spiro atoms. The fourth-order valence-electron chi connectivity index (χ4n) is 1.42. The molecule has 0 heterocycles. The molecule has 0 aliphatic heterocycles. The first-order chi connectivity index (χ1) is 6.74. The van der Waals surface area contributed by atoms with Gasteiger partial charge >= 0.3 is 0 Å². The molecule has 4 N–H and O–H groups in total. The second-order valence-corrected chi connectivity index (χ2v) is 3.42. The van der Waals surface area contributed by atoms with Crippen molar-refractivity contribution >= 4 is 11.4 Å². The minimum Gasteiger partial charge on any atom is -0.399 e. The molecule has 2 nitrogen and oxygen atoms in total. The number of benzene rings is 1. The topological polar surface area (TPSA) is 52.0 Å². The number of aryl methyl sites for hydroxylation is 1. The summed E-state index contributed by atoms with van der Waals surface area (Å²) in [6.45, 7) is 2.04. The second kappa shape index (κ2) is 5.32. The van der Waals surface area contributed by atoms with E-state index in [2.05, 4.69) is 12.2 Å². The highest BCUT2D eigenvalue weighted by Gasteiger charge is 1.98. The van der Waals surface area contributed by atoms with Crippen molar-refractivity contribution in [1.82, 2.24) is 0 Å². The Morgan fingerprint density at radius 3 is 2.71 bits per heavy atom. The van der Waals surface area contributed by atoms with Gasteiger partial charge in [0.15, 0.2) is 0 Å². The van der Waals surface area contributed by atoms with Crippen LogP contribution in [0.25, 0.3) is 0 Å². The molecule has 0 aliphatic carbocycles. The van der Waals surface area contributed by atoms with Crippen molar-refractivity contribution in [3.63, 3.8) is 0 Å². The van der Waals surface area contributed by atoms with Gasteiger partial charge < -0.3 is 11.5 Å². The van der Waals surface area contributed by atoms with Crippen LogP contribution in [0.15, 0.2) is 30.4 Å². The molecule has 0 aromatic heterocycles. The first kappa shape index (κ1) is 10.6. The average Bonchev–Trinajstić information content (AvgIpc) is 2.15. The van der Waals surface area contributed by atoms with Gasteiger partial charge in [-0.3, -0.25) is 0 Å². The van der Waals surface area contributed by atoms with Crippen LogP contribution in [-0.4, -0.2) is 0 Å². The molecule has 0 radical (unpaired) electrons. The molecule has 1 aromatic rings. The van der Waals surface area contributed by atoms with Gasteiger partial charge in [0, 0.05) is 11.4 Å². The van der Waals surface area contributed by atoms with Crippen LogP contribution in [0, 0.1) is 0 Å². The number of nitrogens with two attached hydrogens (primary N) is 2. The number of allylic oxidation sites excluding steroid dienone is 2. The molecular formula is C12H18N2. The number of hydrogen-bond acceptors (Lipinski definition) is 2. The van der Waals surface area contributed by atoms with Crippen molar-refractivity contribution in [3.05, 3.63) is 35.9 Å². The molecule has 0 bridgehead atoms. The highest BCUT2D eigenvalue weighted by atomic mass is 14.6. The number of hydrogen-bond donors (Lipinski definition) is 2. The third kappa shape index (κ3) is 3.13. The maximum Gasteiger partial charge on any atom is 0.0367 e. The van der Waals surface area contributed by atoms with Crippen LogP contribution in [-0.2, 0) is 6.42 Å². The minimum absolute atomic E-state index is 0.736. The summed E-state index contributed by atoms with van der Waals surface area (Å²) in [6, 6.07) is 5.74. The highest BCUT2D eigenvalue weighted by molar-refractivity contribution is 5.56. The molecule has 1 rings (SSSR count). The van der Waals surface area contributed by atoms with E-state index in [1.54, 1.807) is 0 Å².